The zero-order chi connectivity index (χ0) is 29.5. The molecule has 0 unspecified atom stereocenters. The number of nitrogens with two attached hydrogens (primary N) is 2. The number of hydrogen-bond acceptors (Lipinski definition) is 7. The van der Waals surface area contributed by atoms with Crippen molar-refractivity contribution in [3.8, 4) is 22.8 Å². The third-order valence-electron chi connectivity index (χ3n) is 6.02. The summed E-state index contributed by atoms with van der Waals surface area (Å²) < 4.78 is 0. The van der Waals surface area contributed by atoms with Crippen LogP contribution in [0.15, 0.2) is 104 Å². The maximum Gasteiger partial charge on any atom is 0.0894 e. The number of aromatic nitrogens is 5. The molecule has 5 heterocycles. The molecule has 0 fully saturated rings. The number of rotatable bonds is 4. The molecule has 6 rings (SSSR count). The van der Waals surface area contributed by atoms with Crippen LogP contribution < -0.4 is 11.5 Å². The van der Waals surface area contributed by atoms with Crippen molar-refractivity contribution in [3.05, 3.63) is 104 Å². The second-order valence-corrected chi connectivity index (χ2v) is 8.82. The molecule has 1 aromatic carbocycles. The Hall–Kier alpha value is -4.00. The molecular formula is C32H33ClN7Ru. The standard InChI is InChI=1S/C15H11N3.C12H10N4.C5H12.ClH.Ru/c1-3-10-16-12(6-1)14-8-5-9-15(18-14)13-7-2-4-11-17-13;13-9-7-3-1-5-15-11(7)12-8(10(9)14)4-2-6-16-12;1-3-5-4-2;;/h1-11H;1-6H,13-14H2;3-5H2,1-2H3;1H;/q;;;;+1/p-1. The molecule has 0 bridgehead atoms. The molecule has 0 saturated carbocycles. The van der Waals surface area contributed by atoms with Gasteiger partial charge in [0, 0.05) is 35.6 Å². The van der Waals surface area contributed by atoms with Crippen LogP contribution in [-0.4, -0.2) is 24.9 Å². The summed E-state index contributed by atoms with van der Waals surface area (Å²) in [6, 6.07) is 25.0. The van der Waals surface area contributed by atoms with Gasteiger partial charge in [0.05, 0.1) is 45.2 Å². The molecule has 211 valence electrons. The van der Waals surface area contributed by atoms with Gasteiger partial charge in [-0.2, -0.15) is 0 Å². The zero-order valence-corrected chi connectivity index (χ0v) is 25.6. The summed E-state index contributed by atoms with van der Waals surface area (Å²) in [6.07, 6.45) is 11.1. The smallest absolute Gasteiger partial charge is 0.0894 e. The van der Waals surface area contributed by atoms with Crippen molar-refractivity contribution >= 4 is 42.9 Å². The molecule has 0 amide bonds. The first-order valence-electron chi connectivity index (χ1n) is 13.2. The molecule has 0 atom stereocenters. The number of anilines is 2. The van der Waals surface area contributed by atoms with E-state index in [9.17, 15) is 0 Å². The van der Waals surface area contributed by atoms with Gasteiger partial charge in [0.15, 0.2) is 0 Å². The van der Waals surface area contributed by atoms with Gasteiger partial charge in [-0.3, -0.25) is 19.9 Å². The third-order valence-corrected chi connectivity index (χ3v) is 6.02. The Kier molecular flexibility index (Phi) is 13.0. The van der Waals surface area contributed by atoms with Crippen LogP contribution in [0.5, 0.6) is 0 Å². The molecule has 0 spiro atoms. The Morgan fingerprint density at radius 2 is 0.951 bits per heavy atom. The van der Waals surface area contributed by atoms with Crippen LogP contribution in [0.2, 0.25) is 0 Å². The second kappa shape index (κ2) is 17.0. The van der Waals surface area contributed by atoms with Crippen LogP contribution >= 0.6 is 9.69 Å². The van der Waals surface area contributed by atoms with Gasteiger partial charge in [0.2, 0.25) is 0 Å². The van der Waals surface area contributed by atoms with E-state index in [2.05, 4.69) is 48.5 Å². The van der Waals surface area contributed by atoms with Gasteiger partial charge in [-0.25, -0.2) is 4.98 Å². The molecule has 9 heteroatoms. The predicted octanol–water partition coefficient (Wildman–Crippen LogP) is 8.04. The second-order valence-electron chi connectivity index (χ2n) is 8.82. The first-order valence-corrected chi connectivity index (χ1v) is 15.5. The number of unbranched alkanes of at least 4 members (excludes halogenated alkanes) is 2. The van der Waals surface area contributed by atoms with Gasteiger partial charge < -0.3 is 11.5 Å². The van der Waals surface area contributed by atoms with Gasteiger partial charge in [0.1, 0.15) is 0 Å². The Bertz CT molecular complexity index is 1520. The first kappa shape index (κ1) is 31.5. The van der Waals surface area contributed by atoms with Crippen molar-refractivity contribution in [1.29, 1.82) is 0 Å². The van der Waals surface area contributed by atoms with Crippen molar-refractivity contribution in [2.45, 2.75) is 33.1 Å². The molecule has 7 nitrogen and oxygen atoms in total. The van der Waals surface area contributed by atoms with Crippen molar-refractivity contribution in [1.82, 2.24) is 24.9 Å². The maximum absolute atomic E-state index is 5.99. The Balaban J connectivity index is 0.000000186. The minimum Gasteiger partial charge on any atom is -0.255 e. The van der Waals surface area contributed by atoms with Crippen LogP contribution in [0.3, 0.4) is 0 Å². The molecule has 6 aromatic rings. The van der Waals surface area contributed by atoms with E-state index >= 15 is 0 Å². The van der Waals surface area contributed by atoms with Crippen LogP contribution in [0.1, 0.15) is 33.1 Å². The SMILES string of the molecule is CCCCC.Nc1c(N)c2cccnc2c2ncccc12.[Cl][Ru].c1ccc(-c2cccc(-c3ccccn3)n2)nc1. The fourth-order valence-corrected chi connectivity index (χ4v) is 4.01. The number of nitrogen functional groups attached to an aromatic ring is 2. The van der Waals surface area contributed by atoms with E-state index in [-0.39, 0.29) is 0 Å². The first-order chi connectivity index (χ1) is 20.1. The summed E-state index contributed by atoms with van der Waals surface area (Å²) in [5.41, 5.74) is 18.2. The van der Waals surface area contributed by atoms with Crippen LogP contribution in [-0.2, 0) is 17.3 Å². The van der Waals surface area contributed by atoms with E-state index in [1.807, 2.05) is 96.2 Å². The number of benzene rings is 1. The van der Waals surface area contributed by atoms with E-state index in [1.54, 1.807) is 24.8 Å². The van der Waals surface area contributed by atoms with E-state index in [4.69, 9.17) is 11.5 Å². The third kappa shape index (κ3) is 8.49. The van der Waals surface area contributed by atoms with Crippen molar-refractivity contribution in [2.75, 3.05) is 11.5 Å². The van der Waals surface area contributed by atoms with Gasteiger partial charge in [-0.05, 0) is 60.7 Å². The normalized spacial score (nSPS) is 9.95. The van der Waals surface area contributed by atoms with Gasteiger partial charge in [0.25, 0.3) is 0 Å². The Morgan fingerprint density at radius 3 is 1.32 bits per heavy atom. The van der Waals surface area contributed by atoms with Gasteiger partial charge in [-0.1, -0.05) is 51.3 Å². The number of halogens is 1. The summed E-state index contributed by atoms with van der Waals surface area (Å²) in [5.74, 6) is 0. The monoisotopic (exact) mass is 652 g/mol. The van der Waals surface area contributed by atoms with E-state index in [0.717, 1.165) is 44.6 Å². The minimum absolute atomic E-state index is 0.573. The maximum atomic E-state index is 5.99. The van der Waals surface area contributed by atoms with E-state index in [0.29, 0.717) is 11.4 Å². The molecule has 0 saturated heterocycles. The van der Waals surface area contributed by atoms with Crippen LogP contribution in [0.25, 0.3) is 44.6 Å². The van der Waals surface area contributed by atoms with E-state index in [1.165, 1.54) is 19.3 Å². The quantitative estimate of drug-likeness (QED) is 0.0857. The summed E-state index contributed by atoms with van der Waals surface area (Å²) in [6.45, 7) is 4.42. The van der Waals surface area contributed by atoms with Crippen molar-refractivity contribution in [3.63, 3.8) is 0 Å². The summed E-state index contributed by atoms with van der Waals surface area (Å²) >= 11 is 1.82. The predicted molar refractivity (Wildman–Crippen MR) is 168 cm³/mol. The van der Waals surface area contributed by atoms with Crippen LogP contribution in [0.4, 0.5) is 11.4 Å². The summed E-state index contributed by atoms with van der Waals surface area (Å²) in [7, 11) is 4.57. The van der Waals surface area contributed by atoms with E-state index < -0.39 is 0 Å². The number of hydrogen-bond donors (Lipinski definition) is 2. The average molecular weight is 652 g/mol. The molecular weight excluding hydrogens is 619 g/mol. The molecule has 0 aliphatic rings. The summed E-state index contributed by atoms with van der Waals surface area (Å²) in [5, 5.41) is 1.71. The molecule has 0 aliphatic carbocycles. The molecule has 4 N–H and O–H groups in total. The Morgan fingerprint density at radius 1 is 0.537 bits per heavy atom. The Labute approximate surface area is 255 Å². The molecule has 0 radical (unpaired) electrons. The molecule has 41 heavy (non-hydrogen) atoms. The van der Waals surface area contributed by atoms with Crippen LogP contribution in [0, 0.1) is 0 Å². The van der Waals surface area contributed by atoms with Crippen molar-refractivity contribution < 1.29 is 17.3 Å². The van der Waals surface area contributed by atoms with Crippen molar-refractivity contribution in [2.24, 2.45) is 0 Å². The topological polar surface area (TPSA) is 116 Å². The average Bonchev–Trinajstić information content (AvgIpc) is 3.06. The van der Waals surface area contributed by atoms with Gasteiger partial charge >= 0.3 is 27.0 Å². The molecule has 0 aliphatic heterocycles. The number of fused-ring (bicyclic) bond motifs is 3. The number of pyridine rings is 5. The largest absolute Gasteiger partial charge is 0.255 e. The number of nitrogens with zero attached hydrogens (tertiary/aromatic N) is 5. The fourth-order valence-electron chi connectivity index (χ4n) is 4.01. The zero-order valence-electron chi connectivity index (χ0n) is 23.1. The summed E-state index contributed by atoms with van der Waals surface area (Å²) in [4.78, 5) is 21.8. The minimum atomic E-state index is 0.573. The molecule has 5 aromatic heterocycles. The van der Waals surface area contributed by atoms with Gasteiger partial charge in [-0.15, -0.1) is 0 Å². The fraction of sp³-hybridized carbons (Fsp3) is 0.156.